The molecule has 0 aliphatic heterocycles. The minimum absolute atomic E-state index is 0.191. The second kappa shape index (κ2) is 6.85. The second-order valence-electron chi connectivity index (χ2n) is 4.88. The van der Waals surface area contributed by atoms with E-state index in [1.165, 1.54) is 60.7 Å². The van der Waals surface area contributed by atoms with Gasteiger partial charge < -0.3 is 9.05 Å². The molecule has 0 fully saturated rings. The Bertz CT molecular complexity index is 833. The summed E-state index contributed by atoms with van der Waals surface area (Å²) in [7, 11) is -4.05. The van der Waals surface area contributed by atoms with E-state index in [-0.39, 0.29) is 16.8 Å². The Morgan fingerprint density at radius 2 is 1.04 bits per heavy atom. The highest BCUT2D eigenvalue weighted by Gasteiger charge is 2.33. The smallest absolute Gasteiger partial charge is 0.410 e. The standard InChI is InChI=1S/C18H13F2O3P/c19-15-10-4-6-12-17(15)22-24(21,14-8-2-1-3-9-14)23-18-13-7-5-11-16(18)20/h1-13H. The van der Waals surface area contributed by atoms with E-state index in [0.717, 1.165) is 0 Å². The summed E-state index contributed by atoms with van der Waals surface area (Å²) in [4.78, 5) is 0. The van der Waals surface area contributed by atoms with Crippen LogP contribution in [0, 0.1) is 11.6 Å². The van der Waals surface area contributed by atoms with E-state index in [2.05, 4.69) is 0 Å². The predicted octanol–water partition coefficient (Wildman–Crippen LogP) is 4.94. The van der Waals surface area contributed by atoms with Crippen molar-refractivity contribution >= 4 is 12.9 Å². The fraction of sp³-hybridized carbons (Fsp3) is 0. The first-order chi connectivity index (χ1) is 11.6. The van der Waals surface area contributed by atoms with Gasteiger partial charge in [-0.15, -0.1) is 0 Å². The van der Waals surface area contributed by atoms with E-state index in [0.29, 0.717) is 0 Å². The van der Waals surface area contributed by atoms with Crippen LogP contribution in [0.5, 0.6) is 11.5 Å². The molecule has 0 N–H and O–H groups in total. The molecule has 3 nitrogen and oxygen atoms in total. The lowest BCUT2D eigenvalue weighted by Gasteiger charge is -2.20. The topological polar surface area (TPSA) is 35.5 Å². The van der Waals surface area contributed by atoms with Crippen molar-refractivity contribution in [1.29, 1.82) is 0 Å². The summed E-state index contributed by atoms with van der Waals surface area (Å²) < 4.78 is 51.8. The molecule has 3 rings (SSSR count). The highest BCUT2D eigenvalue weighted by atomic mass is 31.2. The fourth-order valence-corrected chi connectivity index (χ4v) is 3.63. The predicted molar refractivity (Wildman–Crippen MR) is 87.7 cm³/mol. The maximum atomic E-state index is 13.9. The van der Waals surface area contributed by atoms with E-state index >= 15 is 0 Å². The molecule has 0 unspecified atom stereocenters. The fourth-order valence-electron chi connectivity index (χ4n) is 2.03. The zero-order valence-corrected chi connectivity index (χ0v) is 13.3. The zero-order chi connectivity index (χ0) is 17.0. The molecule has 0 aliphatic carbocycles. The summed E-state index contributed by atoms with van der Waals surface area (Å²) in [6.07, 6.45) is 0. The molecule has 6 heteroatoms. The average molecular weight is 346 g/mol. The average Bonchev–Trinajstić information content (AvgIpc) is 2.60. The molecule has 122 valence electrons. The van der Waals surface area contributed by atoms with Crippen molar-refractivity contribution in [2.24, 2.45) is 0 Å². The van der Waals surface area contributed by atoms with Crippen LogP contribution in [0.15, 0.2) is 78.9 Å². The first kappa shape index (κ1) is 16.2. The van der Waals surface area contributed by atoms with Gasteiger partial charge in [-0.1, -0.05) is 42.5 Å². The van der Waals surface area contributed by atoms with E-state index in [9.17, 15) is 13.3 Å². The van der Waals surface area contributed by atoms with Gasteiger partial charge >= 0.3 is 7.60 Å². The van der Waals surface area contributed by atoms with Gasteiger partial charge in [-0.3, -0.25) is 0 Å². The molecule has 0 spiro atoms. The van der Waals surface area contributed by atoms with Crippen LogP contribution in [-0.4, -0.2) is 0 Å². The maximum absolute atomic E-state index is 13.9. The van der Waals surface area contributed by atoms with Gasteiger partial charge in [-0.2, -0.15) is 0 Å². The summed E-state index contributed by atoms with van der Waals surface area (Å²) >= 11 is 0. The van der Waals surface area contributed by atoms with Gasteiger partial charge in [0.15, 0.2) is 23.1 Å². The third kappa shape index (κ3) is 3.47. The van der Waals surface area contributed by atoms with Gasteiger partial charge in [0.1, 0.15) is 0 Å². The first-order valence-electron chi connectivity index (χ1n) is 7.12. The summed E-state index contributed by atoms with van der Waals surface area (Å²) in [6, 6.07) is 19.1. The highest BCUT2D eigenvalue weighted by Crippen LogP contribution is 2.48. The molecular weight excluding hydrogens is 333 g/mol. The number of para-hydroxylation sites is 2. The van der Waals surface area contributed by atoms with Gasteiger partial charge in [-0.25, -0.2) is 13.3 Å². The normalized spacial score (nSPS) is 11.1. The Kier molecular flexibility index (Phi) is 4.63. The lowest BCUT2D eigenvalue weighted by Crippen LogP contribution is -2.15. The molecule has 0 saturated carbocycles. The molecule has 0 amide bonds. The molecule has 24 heavy (non-hydrogen) atoms. The van der Waals surface area contributed by atoms with Gasteiger partial charge in [-0.05, 0) is 36.4 Å². The number of benzene rings is 3. The molecule has 0 bridgehead atoms. The summed E-state index contributed by atoms with van der Waals surface area (Å²) in [6.45, 7) is 0. The molecule has 0 heterocycles. The lowest BCUT2D eigenvalue weighted by molar-refractivity contribution is 0.379. The van der Waals surface area contributed by atoms with E-state index in [1.807, 2.05) is 0 Å². The summed E-state index contributed by atoms with van der Waals surface area (Å²) in [5.74, 6) is -1.85. The lowest BCUT2D eigenvalue weighted by atomic mass is 10.3. The number of halogens is 2. The summed E-state index contributed by atoms with van der Waals surface area (Å²) in [5.41, 5.74) is 0. The van der Waals surface area contributed by atoms with Crippen molar-refractivity contribution in [3.05, 3.63) is 90.5 Å². The molecule has 3 aromatic carbocycles. The quantitative estimate of drug-likeness (QED) is 0.614. The minimum Gasteiger partial charge on any atom is -0.410 e. The van der Waals surface area contributed by atoms with Crippen molar-refractivity contribution in [1.82, 2.24) is 0 Å². The SMILES string of the molecule is O=P(Oc1ccccc1F)(Oc1ccccc1F)c1ccccc1. The molecule has 0 saturated heterocycles. The van der Waals surface area contributed by atoms with Crippen molar-refractivity contribution in [2.45, 2.75) is 0 Å². The van der Waals surface area contributed by atoms with Crippen LogP contribution in [0.1, 0.15) is 0 Å². The monoisotopic (exact) mass is 346 g/mol. The molecule has 0 aromatic heterocycles. The molecule has 3 aromatic rings. The molecule has 0 radical (unpaired) electrons. The van der Waals surface area contributed by atoms with Crippen LogP contribution in [0.3, 0.4) is 0 Å². The third-order valence-corrected chi connectivity index (χ3v) is 4.99. The molecule has 0 atom stereocenters. The van der Waals surface area contributed by atoms with Gasteiger partial charge in [0.2, 0.25) is 0 Å². The number of hydrogen-bond acceptors (Lipinski definition) is 3. The van der Waals surface area contributed by atoms with Crippen LogP contribution in [0.25, 0.3) is 0 Å². The van der Waals surface area contributed by atoms with E-state index in [1.54, 1.807) is 18.2 Å². The van der Waals surface area contributed by atoms with Crippen LogP contribution in [-0.2, 0) is 4.57 Å². The van der Waals surface area contributed by atoms with Crippen LogP contribution >= 0.6 is 7.60 Å². The van der Waals surface area contributed by atoms with Gasteiger partial charge in [0, 0.05) is 0 Å². The number of rotatable bonds is 5. The van der Waals surface area contributed by atoms with E-state index in [4.69, 9.17) is 9.05 Å². The maximum Gasteiger partial charge on any atom is 0.463 e. The number of hydrogen-bond donors (Lipinski definition) is 0. The van der Waals surface area contributed by atoms with Crippen molar-refractivity contribution < 1.29 is 22.4 Å². The Labute approximate surface area is 138 Å². The molecule has 0 aliphatic rings. The summed E-state index contributed by atoms with van der Waals surface area (Å²) in [5, 5.41) is 0.191. The first-order valence-corrected chi connectivity index (χ1v) is 8.67. The van der Waals surface area contributed by atoms with Crippen LogP contribution in [0.2, 0.25) is 0 Å². The minimum atomic E-state index is -4.05. The van der Waals surface area contributed by atoms with Crippen LogP contribution in [0.4, 0.5) is 8.78 Å². The second-order valence-corrected chi connectivity index (χ2v) is 6.75. The van der Waals surface area contributed by atoms with Crippen molar-refractivity contribution in [3.8, 4) is 11.5 Å². The highest BCUT2D eigenvalue weighted by molar-refractivity contribution is 7.63. The molecular formula is C18H13F2O3P. The Morgan fingerprint density at radius 3 is 1.50 bits per heavy atom. The van der Waals surface area contributed by atoms with Crippen molar-refractivity contribution in [3.63, 3.8) is 0 Å². The van der Waals surface area contributed by atoms with Crippen LogP contribution < -0.4 is 14.4 Å². The van der Waals surface area contributed by atoms with Gasteiger partial charge in [0.05, 0.1) is 5.30 Å². The largest absolute Gasteiger partial charge is 0.463 e. The zero-order valence-electron chi connectivity index (χ0n) is 12.4. The van der Waals surface area contributed by atoms with Crippen molar-refractivity contribution in [2.75, 3.05) is 0 Å². The Balaban J connectivity index is 2.03. The van der Waals surface area contributed by atoms with Gasteiger partial charge in [0.25, 0.3) is 0 Å². The van der Waals surface area contributed by atoms with E-state index < -0.39 is 19.2 Å². The Hall–Kier alpha value is -2.65. The third-order valence-electron chi connectivity index (χ3n) is 3.18. The Morgan fingerprint density at radius 1 is 0.625 bits per heavy atom.